The van der Waals surface area contributed by atoms with Gasteiger partial charge in [0, 0.05) is 10.9 Å². The summed E-state index contributed by atoms with van der Waals surface area (Å²) in [6, 6.07) is 5.84. The molecule has 3 N–H and O–H groups in total. The van der Waals surface area contributed by atoms with Crippen LogP contribution in [0.4, 0.5) is 0 Å². The van der Waals surface area contributed by atoms with Crippen molar-refractivity contribution < 1.29 is 9.90 Å². The number of hydrogen-bond donors (Lipinski definition) is 2. The van der Waals surface area contributed by atoms with Crippen molar-refractivity contribution in [1.82, 2.24) is 0 Å². The van der Waals surface area contributed by atoms with Crippen LogP contribution in [0.15, 0.2) is 22.7 Å². The number of benzene rings is 1. The molecule has 15 heavy (non-hydrogen) atoms. The Bertz CT molecular complexity index is 419. The zero-order chi connectivity index (χ0) is 11.1. The normalized spacial score (nSPS) is 24.7. The summed E-state index contributed by atoms with van der Waals surface area (Å²) in [5, 5.41) is 9.06. The van der Waals surface area contributed by atoms with Crippen LogP contribution in [0, 0.1) is 0 Å². The molecule has 0 saturated heterocycles. The monoisotopic (exact) mass is 269 g/mol. The lowest BCUT2D eigenvalue weighted by Crippen LogP contribution is -2.52. The highest BCUT2D eigenvalue weighted by molar-refractivity contribution is 9.10. The topological polar surface area (TPSA) is 63.3 Å². The number of aliphatic carboxylic acids is 1. The van der Waals surface area contributed by atoms with Crippen molar-refractivity contribution in [1.29, 1.82) is 0 Å². The molecule has 0 bridgehead atoms. The Balaban J connectivity index is 2.39. The van der Waals surface area contributed by atoms with Gasteiger partial charge in [0.15, 0.2) is 0 Å². The lowest BCUT2D eigenvalue weighted by Gasteiger charge is -2.31. The first-order valence-corrected chi connectivity index (χ1v) is 5.61. The van der Waals surface area contributed by atoms with Gasteiger partial charge in [0.1, 0.15) is 5.54 Å². The molecule has 1 aromatic rings. The molecule has 1 aliphatic carbocycles. The second-order valence-corrected chi connectivity index (χ2v) is 4.87. The van der Waals surface area contributed by atoms with Gasteiger partial charge in [0.2, 0.25) is 0 Å². The number of hydrogen-bond acceptors (Lipinski definition) is 2. The average molecular weight is 270 g/mol. The molecule has 0 radical (unpaired) electrons. The Hall–Kier alpha value is -0.870. The second-order valence-electron chi connectivity index (χ2n) is 4.02. The number of carbonyl (C=O) groups is 1. The third-order valence-electron chi connectivity index (χ3n) is 2.97. The van der Waals surface area contributed by atoms with E-state index in [1.165, 1.54) is 5.56 Å². The van der Waals surface area contributed by atoms with E-state index in [9.17, 15) is 4.79 Å². The second kappa shape index (κ2) is 3.61. The van der Waals surface area contributed by atoms with E-state index in [1.807, 2.05) is 18.2 Å². The average Bonchev–Trinajstić information content (AvgIpc) is 2.17. The van der Waals surface area contributed by atoms with E-state index in [0.29, 0.717) is 12.8 Å². The Labute approximate surface area is 96.4 Å². The summed E-state index contributed by atoms with van der Waals surface area (Å²) in [5.41, 5.74) is 7.00. The molecule has 80 valence electrons. The number of carboxylic acid groups (broad SMARTS) is 1. The Morgan fingerprint density at radius 3 is 2.93 bits per heavy atom. The fourth-order valence-electron chi connectivity index (χ4n) is 2.01. The molecule has 2 rings (SSSR count). The van der Waals surface area contributed by atoms with Crippen LogP contribution in [-0.2, 0) is 17.6 Å². The summed E-state index contributed by atoms with van der Waals surface area (Å²) in [4.78, 5) is 11.0. The fourth-order valence-corrected chi connectivity index (χ4v) is 2.61. The molecule has 1 aliphatic rings. The smallest absolute Gasteiger partial charge is 0.324 e. The Kier molecular flexibility index (Phi) is 2.56. The molecular weight excluding hydrogens is 258 g/mol. The molecule has 0 amide bonds. The summed E-state index contributed by atoms with van der Waals surface area (Å²) >= 11 is 3.47. The van der Waals surface area contributed by atoms with Crippen LogP contribution in [0.25, 0.3) is 0 Å². The highest BCUT2D eigenvalue weighted by atomic mass is 79.9. The number of carboxylic acids is 1. The number of halogens is 1. The van der Waals surface area contributed by atoms with Crippen molar-refractivity contribution in [3.8, 4) is 0 Å². The molecule has 4 heteroatoms. The zero-order valence-electron chi connectivity index (χ0n) is 8.16. The molecule has 0 saturated carbocycles. The minimum absolute atomic E-state index is 0.414. The molecule has 3 nitrogen and oxygen atoms in total. The van der Waals surface area contributed by atoms with Gasteiger partial charge >= 0.3 is 5.97 Å². The lowest BCUT2D eigenvalue weighted by atomic mass is 9.79. The molecule has 1 atom stereocenters. The fraction of sp³-hybridized carbons (Fsp3) is 0.364. The first-order valence-electron chi connectivity index (χ1n) is 4.81. The highest BCUT2D eigenvalue weighted by Crippen LogP contribution is 2.31. The SMILES string of the molecule is N[C@@]1(C(=O)O)CCc2c(Br)cccc2C1. The maximum atomic E-state index is 11.0. The van der Waals surface area contributed by atoms with E-state index in [1.54, 1.807) is 0 Å². The third kappa shape index (κ3) is 1.79. The van der Waals surface area contributed by atoms with Crippen molar-refractivity contribution in [2.75, 3.05) is 0 Å². The molecule has 0 fully saturated rings. The van der Waals surface area contributed by atoms with Crippen molar-refractivity contribution in [2.24, 2.45) is 5.73 Å². The maximum absolute atomic E-state index is 11.0. The van der Waals surface area contributed by atoms with Crippen LogP contribution in [-0.4, -0.2) is 16.6 Å². The predicted molar refractivity (Wildman–Crippen MR) is 60.7 cm³/mol. The van der Waals surface area contributed by atoms with Gasteiger partial charge in [-0.15, -0.1) is 0 Å². The van der Waals surface area contributed by atoms with Gasteiger partial charge < -0.3 is 10.8 Å². The van der Waals surface area contributed by atoms with Gasteiger partial charge in [0.05, 0.1) is 0 Å². The van der Waals surface area contributed by atoms with Crippen LogP contribution in [0.1, 0.15) is 17.5 Å². The van der Waals surface area contributed by atoms with Crippen LogP contribution >= 0.6 is 15.9 Å². The number of rotatable bonds is 1. The quantitative estimate of drug-likeness (QED) is 0.816. The number of nitrogens with two attached hydrogens (primary N) is 1. The van der Waals surface area contributed by atoms with Gasteiger partial charge in [-0.2, -0.15) is 0 Å². The minimum atomic E-state index is -1.09. The van der Waals surface area contributed by atoms with E-state index in [4.69, 9.17) is 10.8 Å². The van der Waals surface area contributed by atoms with Crippen LogP contribution < -0.4 is 5.73 Å². The van der Waals surface area contributed by atoms with Crippen molar-refractivity contribution >= 4 is 21.9 Å². The Morgan fingerprint density at radius 1 is 1.53 bits per heavy atom. The van der Waals surface area contributed by atoms with Crippen molar-refractivity contribution in [3.63, 3.8) is 0 Å². The van der Waals surface area contributed by atoms with Gasteiger partial charge in [-0.3, -0.25) is 4.79 Å². The summed E-state index contributed by atoms with van der Waals surface area (Å²) in [7, 11) is 0. The van der Waals surface area contributed by atoms with Gasteiger partial charge in [0.25, 0.3) is 0 Å². The van der Waals surface area contributed by atoms with Gasteiger partial charge in [-0.05, 0) is 30.0 Å². The lowest BCUT2D eigenvalue weighted by molar-refractivity contribution is -0.143. The molecule has 0 aromatic heterocycles. The van der Waals surface area contributed by atoms with E-state index in [-0.39, 0.29) is 0 Å². The summed E-state index contributed by atoms with van der Waals surface area (Å²) in [6.07, 6.45) is 1.63. The standard InChI is InChI=1S/C11H12BrNO2/c12-9-3-1-2-7-6-11(13,10(14)15)5-4-8(7)9/h1-3H,4-6,13H2,(H,14,15)/t11-/m0/s1. The zero-order valence-corrected chi connectivity index (χ0v) is 9.75. The first-order chi connectivity index (χ1) is 7.03. The molecule has 0 heterocycles. The van der Waals surface area contributed by atoms with Crippen molar-refractivity contribution in [3.05, 3.63) is 33.8 Å². The predicted octanol–water partition coefficient (Wildman–Crippen LogP) is 1.72. The Morgan fingerprint density at radius 2 is 2.27 bits per heavy atom. The van der Waals surface area contributed by atoms with E-state index < -0.39 is 11.5 Å². The third-order valence-corrected chi connectivity index (χ3v) is 3.71. The highest BCUT2D eigenvalue weighted by Gasteiger charge is 2.37. The molecular formula is C11H12BrNO2. The molecule has 0 unspecified atom stereocenters. The van der Waals surface area contributed by atoms with Gasteiger partial charge in [-0.1, -0.05) is 28.1 Å². The van der Waals surface area contributed by atoms with E-state index in [2.05, 4.69) is 15.9 Å². The van der Waals surface area contributed by atoms with E-state index in [0.717, 1.165) is 16.5 Å². The van der Waals surface area contributed by atoms with Crippen molar-refractivity contribution in [2.45, 2.75) is 24.8 Å². The van der Waals surface area contributed by atoms with Gasteiger partial charge in [-0.25, -0.2) is 0 Å². The maximum Gasteiger partial charge on any atom is 0.324 e. The van der Waals surface area contributed by atoms with E-state index >= 15 is 0 Å². The molecule has 0 aliphatic heterocycles. The van der Waals surface area contributed by atoms with Crippen LogP contribution in [0.2, 0.25) is 0 Å². The summed E-state index contributed by atoms with van der Waals surface area (Å²) in [6.45, 7) is 0. The molecule has 0 spiro atoms. The number of fused-ring (bicyclic) bond motifs is 1. The largest absolute Gasteiger partial charge is 0.480 e. The van der Waals surface area contributed by atoms with Crippen LogP contribution in [0.5, 0.6) is 0 Å². The minimum Gasteiger partial charge on any atom is -0.480 e. The summed E-state index contributed by atoms with van der Waals surface area (Å²) in [5.74, 6) is -0.909. The summed E-state index contributed by atoms with van der Waals surface area (Å²) < 4.78 is 1.05. The van der Waals surface area contributed by atoms with Crippen LogP contribution in [0.3, 0.4) is 0 Å². The molecule has 1 aromatic carbocycles. The first kappa shape index (κ1) is 10.6.